The molecule has 0 saturated carbocycles. The summed E-state index contributed by atoms with van der Waals surface area (Å²) in [6.07, 6.45) is 0. The highest BCUT2D eigenvalue weighted by Crippen LogP contribution is 2.40. The second-order valence-corrected chi connectivity index (χ2v) is 7.74. The van der Waals surface area contributed by atoms with Crippen LogP contribution in [-0.2, 0) is 0 Å². The molecule has 0 aliphatic carbocycles. The minimum atomic E-state index is 0.563. The van der Waals surface area contributed by atoms with Gasteiger partial charge >= 0.3 is 0 Å². The number of hydrogen-bond donors (Lipinski definition) is 0. The molecule has 4 nitrogen and oxygen atoms in total. The molecule has 0 aromatic heterocycles. The van der Waals surface area contributed by atoms with E-state index in [9.17, 15) is 0 Å². The fourth-order valence-corrected chi connectivity index (χ4v) is 6.78. The number of hydrogen-bond acceptors (Lipinski definition) is 6. The van der Waals surface area contributed by atoms with Gasteiger partial charge in [-0.1, -0.05) is 49.3 Å². The van der Waals surface area contributed by atoms with Gasteiger partial charge in [0.1, 0.15) is 11.0 Å². The molecule has 0 amide bonds. The molecule has 0 bridgehead atoms. The van der Waals surface area contributed by atoms with Gasteiger partial charge in [0, 0.05) is 26.2 Å². The Morgan fingerprint density at radius 2 is 0.850 bits per heavy atom. The molecule has 2 fully saturated rings. The number of likely N-dealkylation sites (N-methyl/N-ethyl adjacent to an activating group) is 4. The van der Waals surface area contributed by atoms with Crippen LogP contribution in [-0.4, -0.2) is 83.0 Å². The summed E-state index contributed by atoms with van der Waals surface area (Å²) in [5.41, 5.74) is 1.13. The molecule has 2 heterocycles. The van der Waals surface area contributed by atoms with E-state index in [1.165, 1.54) is 26.2 Å². The molecule has 0 atom stereocenters. The van der Waals surface area contributed by atoms with Gasteiger partial charge in [0.15, 0.2) is 0 Å². The molecule has 6 heteroatoms. The van der Waals surface area contributed by atoms with Crippen LogP contribution in [0.3, 0.4) is 0 Å². The van der Waals surface area contributed by atoms with E-state index in [1.807, 2.05) is 0 Å². The zero-order valence-corrected chi connectivity index (χ0v) is 15.0. The van der Waals surface area contributed by atoms with Crippen LogP contribution in [0.15, 0.2) is 0 Å². The van der Waals surface area contributed by atoms with E-state index in [0.29, 0.717) is 11.0 Å². The fraction of sp³-hybridized carbons (Fsp3) is 1.00. The average Bonchev–Trinajstić information content (AvgIpc) is 3.07. The minimum absolute atomic E-state index is 0.563. The Hall–Kier alpha value is 0.540. The first-order valence-corrected chi connectivity index (χ1v) is 10.3. The standard InChI is InChI=1S/C14H30N4S2/c1-5-15-9-10-16(6-2)13(15)19-20-14-17(7-3)11-12-18(14)8-4/h13-14H,5-12H2,1-4H3. The quantitative estimate of drug-likeness (QED) is 0.663. The van der Waals surface area contributed by atoms with E-state index in [-0.39, 0.29) is 0 Å². The average molecular weight is 319 g/mol. The van der Waals surface area contributed by atoms with Crippen molar-refractivity contribution in [3.05, 3.63) is 0 Å². The van der Waals surface area contributed by atoms with Crippen molar-refractivity contribution in [1.29, 1.82) is 0 Å². The summed E-state index contributed by atoms with van der Waals surface area (Å²) in [5.74, 6) is 0. The van der Waals surface area contributed by atoms with Crippen LogP contribution in [0.5, 0.6) is 0 Å². The summed E-state index contributed by atoms with van der Waals surface area (Å²) in [6.45, 7) is 18.7. The highest BCUT2D eigenvalue weighted by atomic mass is 33.1. The molecule has 0 spiro atoms. The van der Waals surface area contributed by atoms with Crippen LogP contribution in [0.1, 0.15) is 27.7 Å². The summed E-state index contributed by atoms with van der Waals surface area (Å²) < 4.78 is 0. The van der Waals surface area contributed by atoms with Crippen molar-refractivity contribution >= 4 is 21.6 Å². The van der Waals surface area contributed by atoms with Gasteiger partial charge in [-0.15, -0.1) is 0 Å². The summed E-state index contributed by atoms with van der Waals surface area (Å²) in [6, 6.07) is 0. The first kappa shape index (κ1) is 16.9. The van der Waals surface area contributed by atoms with Gasteiger partial charge in [0.2, 0.25) is 0 Å². The largest absolute Gasteiger partial charge is 0.278 e. The topological polar surface area (TPSA) is 13.0 Å². The van der Waals surface area contributed by atoms with Crippen LogP contribution in [0.25, 0.3) is 0 Å². The Bertz CT molecular complexity index is 240. The Morgan fingerprint density at radius 3 is 1.05 bits per heavy atom. The van der Waals surface area contributed by atoms with Crippen molar-refractivity contribution in [1.82, 2.24) is 19.6 Å². The van der Waals surface area contributed by atoms with Crippen LogP contribution in [0.4, 0.5) is 0 Å². The van der Waals surface area contributed by atoms with Gasteiger partial charge < -0.3 is 0 Å². The lowest BCUT2D eigenvalue weighted by Gasteiger charge is -2.32. The SMILES string of the molecule is CCN1CCN(CC)C1SSC1N(CC)CCN1CC. The van der Waals surface area contributed by atoms with Gasteiger partial charge in [-0.3, -0.25) is 19.6 Å². The van der Waals surface area contributed by atoms with E-state index in [1.54, 1.807) is 0 Å². The Kier molecular flexibility index (Phi) is 6.97. The molecule has 0 unspecified atom stereocenters. The lowest BCUT2D eigenvalue weighted by Crippen LogP contribution is -2.38. The van der Waals surface area contributed by atoms with Crippen molar-refractivity contribution < 1.29 is 0 Å². The maximum absolute atomic E-state index is 2.60. The van der Waals surface area contributed by atoms with Crippen LogP contribution < -0.4 is 0 Å². The minimum Gasteiger partial charge on any atom is -0.278 e. The van der Waals surface area contributed by atoms with Crippen molar-refractivity contribution in [3.63, 3.8) is 0 Å². The molecule has 2 rings (SSSR count). The van der Waals surface area contributed by atoms with Crippen molar-refractivity contribution in [2.45, 2.75) is 38.7 Å². The lowest BCUT2D eigenvalue weighted by atomic mass is 10.6. The maximum atomic E-state index is 2.60. The number of rotatable bonds is 7. The molecule has 0 aromatic rings. The third kappa shape index (κ3) is 3.65. The summed E-state index contributed by atoms with van der Waals surface area (Å²) in [5, 5.41) is 0. The van der Waals surface area contributed by atoms with Gasteiger partial charge in [-0.25, -0.2) is 0 Å². The molecule has 2 aliphatic heterocycles. The Labute approximate surface area is 132 Å². The first-order chi connectivity index (χ1) is 9.74. The van der Waals surface area contributed by atoms with Gasteiger partial charge in [-0.05, 0) is 26.2 Å². The smallest absolute Gasteiger partial charge is 0.121 e. The normalized spacial score (nSPS) is 25.2. The predicted molar refractivity (Wildman–Crippen MR) is 91.7 cm³/mol. The fourth-order valence-electron chi connectivity index (χ4n) is 3.02. The van der Waals surface area contributed by atoms with E-state index in [4.69, 9.17) is 0 Å². The second kappa shape index (κ2) is 8.25. The Balaban J connectivity index is 1.91. The van der Waals surface area contributed by atoms with Crippen molar-refractivity contribution in [2.75, 3.05) is 52.4 Å². The van der Waals surface area contributed by atoms with Crippen LogP contribution in [0.2, 0.25) is 0 Å². The molecule has 0 aromatic carbocycles. The highest BCUT2D eigenvalue weighted by Gasteiger charge is 2.35. The zero-order chi connectivity index (χ0) is 14.5. The lowest BCUT2D eigenvalue weighted by molar-refractivity contribution is 0.226. The molecule has 0 radical (unpaired) electrons. The van der Waals surface area contributed by atoms with Crippen molar-refractivity contribution in [2.24, 2.45) is 0 Å². The number of nitrogens with zero attached hydrogens (tertiary/aromatic N) is 4. The van der Waals surface area contributed by atoms with E-state index >= 15 is 0 Å². The zero-order valence-electron chi connectivity index (χ0n) is 13.4. The van der Waals surface area contributed by atoms with Crippen molar-refractivity contribution in [3.8, 4) is 0 Å². The molecule has 2 saturated heterocycles. The van der Waals surface area contributed by atoms with E-state index in [0.717, 1.165) is 26.2 Å². The monoisotopic (exact) mass is 318 g/mol. The molecule has 20 heavy (non-hydrogen) atoms. The predicted octanol–water partition coefficient (Wildman–Crippen LogP) is 2.25. The van der Waals surface area contributed by atoms with Gasteiger partial charge in [0.05, 0.1) is 0 Å². The molecule has 118 valence electrons. The molecule has 0 N–H and O–H groups in total. The summed E-state index contributed by atoms with van der Waals surface area (Å²) in [4.78, 5) is 10.4. The summed E-state index contributed by atoms with van der Waals surface area (Å²) in [7, 11) is 4.14. The maximum Gasteiger partial charge on any atom is 0.121 e. The molecular formula is C14H30N4S2. The van der Waals surface area contributed by atoms with E-state index in [2.05, 4.69) is 68.9 Å². The third-order valence-electron chi connectivity index (χ3n) is 4.45. The molecule has 2 aliphatic rings. The molecular weight excluding hydrogens is 288 g/mol. The van der Waals surface area contributed by atoms with Gasteiger partial charge in [0.25, 0.3) is 0 Å². The summed E-state index contributed by atoms with van der Waals surface area (Å²) >= 11 is 0. The first-order valence-electron chi connectivity index (χ1n) is 8.03. The highest BCUT2D eigenvalue weighted by molar-refractivity contribution is 8.77. The van der Waals surface area contributed by atoms with E-state index < -0.39 is 0 Å². The van der Waals surface area contributed by atoms with Crippen LogP contribution >= 0.6 is 21.6 Å². The second-order valence-electron chi connectivity index (χ2n) is 5.36. The van der Waals surface area contributed by atoms with Crippen LogP contribution in [0, 0.1) is 0 Å². The van der Waals surface area contributed by atoms with Gasteiger partial charge in [-0.2, -0.15) is 0 Å². The third-order valence-corrected chi connectivity index (χ3v) is 7.46. The Morgan fingerprint density at radius 1 is 0.600 bits per heavy atom.